The van der Waals surface area contributed by atoms with E-state index in [0.717, 1.165) is 11.0 Å². The lowest BCUT2D eigenvalue weighted by atomic mass is 9.89. The number of amides is 2. The van der Waals surface area contributed by atoms with Crippen molar-refractivity contribution in [2.75, 3.05) is 5.73 Å². The number of nitrogens with zero attached hydrogens (tertiary/aromatic N) is 1. The smallest absolute Gasteiger partial charge is 0.262 e. The van der Waals surface area contributed by atoms with Crippen molar-refractivity contribution in [3.05, 3.63) is 29.1 Å². The predicted octanol–water partition coefficient (Wildman–Crippen LogP) is 1.54. The average molecular weight is 337 g/mol. The number of anilines is 1. The zero-order chi connectivity index (χ0) is 16.2. The highest BCUT2D eigenvalue weighted by Gasteiger charge is 2.51. The van der Waals surface area contributed by atoms with Crippen LogP contribution in [0.5, 0.6) is 0 Å². The quantitative estimate of drug-likeness (QED) is 0.600. The fourth-order valence-electron chi connectivity index (χ4n) is 2.80. The molecule has 0 radical (unpaired) electrons. The van der Waals surface area contributed by atoms with Crippen LogP contribution in [0.2, 0.25) is 0 Å². The summed E-state index contributed by atoms with van der Waals surface area (Å²) in [6.45, 7) is 1.59. The van der Waals surface area contributed by atoms with Crippen LogP contribution in [0.1, 0.15) is 35.7 Å². The van der Waals surface area contributed by atoms with Gasteiger partial charge in [0.05, 0.1) is 16.1 Å². The number of piperidine rings is 1. The molecule has 2 heterocycles. The van der Waals surface area contributed by atoms with Crippen molar-refractivity contribution < 1.29 is 14.0 Å². The average Bonchev–Trinajstić information content (AvgIpc) is 2.72. The summed E-state index contributed by atoms with van der Waals surface area (Å²) in [5.74, 6) is -1.60. The molecule has 0 saturated carbocycles. The molecule has 1 unspecified atom stereocenters. The lowest BCUT2D eigenvalue weighted by Gasteiger charge is -2.40. The fourth-order valence-corrected chi connectivity index (χ4v) is 3.48. The first-order valence-corrected chi connectivity index (χ1v) is 7.40. The Kier molecular flexibility index (Phi) is 3.26. The molecule has 0 aromatic heterocycles. The molecule has 1 fully saturated rings. The summed E-state index contributed by atoms with van der Waals surface area (Å²) in [7, 11) is 0. The maximum Gasteiger partial charge on any atom is 0.262 e. The summed E-state index contributed by atoms with van der Waals surface area (Å²) < 4.78 is 14.1. The Balaban J connectivity index is 2.12. The number of carbonyl (C=O) groups excluding carboxylic acids is 2. The van der Waals surface area contributed by atoms with E-state index in [4.69, 9.17) is 30.2 Å². The highest BCUT2D eigenvalue weighted by Crippen LogP contribution is 2.37. The Morgan fingerprint density at radius 1 is 1.32 bits per heavy atom. The molecule has 2 aliphatic heterocycles. The number of nitrogens with one attached hydrogen (secondary N) is 1. The standard InChI is InChI=1S/C14H12FN3O2S2/c1-14(5-4-8(21)17-13(14)20)18-11(19)10-7(16)3-2-6(15)9(10)12(18)22/h2-3H,4-5,16H2,1H3,(H,17,20,21). The van der Waals surface area contributed by atoms with Crippen LogP contribution in [0.4, 0.5) is 10.1 Å². The van der Waals surface area contributed by atoms with Gasteiger partial charge >= 0.3 is 0 Å². The van der Waals surface area contributed by atoms with Crippen LogP contribution in [0, 0.1) is 5.82 Å². The second kappa shape index (κ2) is 4.79. The third kappa shape index (κ3) is 1.87. The number of nitrogens with two attached hydrogens (primary N) is 1. The number of thiocarbonyl (C=S) groups is 2. The van der Waals surface area contributed by atoms with Gasteiger partial charge in [0.2, 0.25) is 0 Å². The number of hydrogen-bond donors (Lipinski definition) is 2. The van der Waals surface area contributed by atoms with Gasteiger partial charge in [0, 0.05) is 12.1 Å². The molecule has 0 spiro atoms. The van der Waals surface area contributed by atoms with Crippen molar-refractivity contribution in [3.8, 4) is 0 Å². The first-order chi connectivity index (χ1) is 10.3. The van der Waals surface area contributed by atoms with Crippen LogP contribution in [0.3, 0.4) is 0 Å². The molecule has 0 aliphatic carbocycles. The number of halogens is 1. The van der Waals surface area contributed by atoms with E-state index in [1.165, 1.54) is 6.07 Å². The molecule has 1 saturated heterocycles. The first-order valence-electron chi connectivity index (χ1n) is 6.58. The monoisotopic (exact) mass is 337 g/mol. The van der Waals surface area contributed by atoms with Crippen molar-refractivity contribution in [2.45, 2.75) is 25.3 Å². The van der Waals surface area contributed by atoms with E-state index in [9.17, 15) is 14.0 Å². The Bertz CT molecular complexity index is 724. The minimum absolute atomic E-state index is 0.0119. The van der Waals surface area contributed by atoms with Crippen LogP contribution in [-0.2, 0) is 4.79 Å². The molecule has 1 atom stereocenters. The van der Waals surface area contributed by atoms with E-state index < -0.39 is 23.2 Å². The zero-order valence-electron chi connectivity index (χ0n) is 11.6. The number of nitrogen functional groups attached to an aromatic ring is 1. The third-order valence-electron chi connectivity index (χ3n) is 4.10. The second-order valence-electron chi connectivity index (χ2n) is 5.48. The molecular weight excluding hydrogens is 325 g/mol. The molecule has 5 nitrogen and oxygen atoms in total. The summed E-state index contributed by atoms with van der Waals surface area (Å²) in [5.41, 5.74) is 4.73. The van der Waals surface area contributed by atoms with Gasteiger partial charge in [-0.3, -0.25) is 14.5 Å². The second-order valence-corrected chi connectivity index (χ2v) is 6.36. The van der Waals surface area contributed by atoms with Crippen LogP contribution < -0.4 is 11.1 Å². The molecule has 114 valence electrons. The summed E-state index contributed by atoms with van der Waals surface area (Å²) in [5, 5.41) is 2.56. The molecule has 8 heteroatoms. The largest absolute Gasteiger partial charge is 0.398 e. The predicted molar refractivity (Wildman–Crippen MR) is 87.1 cm³/mol. The topological polar surface area (TPSA) is 75.4 Å². The van der Waals surface area contributed by atoms with Gasteiger partial charge in [0.25, 0.3) is 11.8 Å². The maximum absolute atomic E-state index is 14.1. The van der Waals surface area contributed by atoms with E-state index in [-0.39, 0.29) is 21.8 Å². The molecule has 2 aliphatic rings. The Morgan fingerprint density at radius 2 is 2.00 bits per heavy atom. The van der Waals surface area contributed by atoms with Crippen LogP contribution in [0.25, 0.3) is 0 Å². The Hall–Kier alpha value is -1.93. The van der Waals surface area contributed by atoms with E-state index in [2.05, 4.69) is 5.32 Å². The minimum Gasteiger partial charge on any atom is -0.398 e. The molecule has 0 bridgehead atoms. The molecule has 3 rings (SSSR count). The summed E-state index contributed by atoms with van der Waals surface area (Å²) in [6, 6.07) is 2.48. The normalized spacial score (nSPS) is 24.5. The van der Waals surface area contributed by atoms with Gasteiger partial charge in [-0.05, 0) is 25.5 Å². The van der Waals surface area contributed by atoms with Gasteiger partial charge in [0.1, 0.15) is 16.3 Å². The SMILES string of the molecule is CC1(N2C(=O)c3c(N)ccc(F)c3C2=S)CCC(=S)NC1=O. The van der Waals surface area contributed by atoms with Gasteiger partial charge in [-0.15, -0.1) is 0 Å². The molecule has 2 amide bonds. The van der Waals surface area contributed by atoms with Crippen molar-refractivity contribution in [3.63, 3.8) is 0 Å². The van der Waals surface area contributed by atoms with Crippen LogP contribution >= 0.6 is 24.4 Å². The van der Waals surface area contributed by atoms with E-state index in [1.54, 1.807) is 6.92 Å². The van der Waals surface area contributed by atoms with Crippen molar-refractivity contribution in [2.24, 2.45) is 0 Å². The molecule has 1 aromatic carbocycles. The van der Waals surface area contributed by atoms with Gasteiger partial charge in [0.15, 0.2) is 0 Å². The van der Waals surface area contributed by atoms with E-state index >= 15 is 0 Å². The summed E-state index contributed by atoms with van der Waals surface area (Å²) >= 11 is 10.2. The van der Waals surface area contributed by atoms with Gasteiger partial charge in [-0.25, -0.2) is 4.39 Å². The van der Waals surface area contributed by atoms with E-state index in [1.807, 2.05) is 0 Å². The van der Waals surface area contributed by atoms with Crippen LogP contribution in [0.15, 0.2) is 12.1 Å². The Labute approximate surface area is 136 Å². The van der Waals surface area contributed by atoms with Gasteiger partial charge in [-0.1, -0.05) is 24.4 Å². The van der Waals surface area contributed by atoms with Crippen molar-refractivity contribution >= 4 is 51.9 Å². The zero-order valence-corrected chi connectivity index (χ0v) is 13.2. The number of fused-ring (bicyclic) bond motifs is 1. The first kappa shape index (κ1) is 15.0. The molecule has 3 N–H and O–H groups in total. The molecular formula is C14H12FN3O2S2. The third-order valence-corrected chi connectivity index (χ3v) is 4.79. The van der Waals surface area contributed by atoms with Gasteiger partial charge in [-0.2, -0.15) is 0 Å². The number of hydrogen-bond acceptors (Lipinski definition) is 5. The van der Waals surface area contributed by atoms with Crippen molar-refractivity contribution in [1.82, 2.24) is 10.2 Å². The fraction of sp³-hybridized carbons (Fsp3) is 0.286. The van der Waals surface area contributed by atoms with E-state index in [0.29, 0.717) is 17.8 Å². The Morgan fingerprint density at radius 3 is 2.59 bits per heavy atom. The van der Waals surface area contributed by atoms with Crippen molar-refractivity contribution in [1.29, 1.82) is 0 Å². The lowest BCUT2D eigenvalue weighted by molar-refractivity contribution is -0.128. The highest BCUT2D eigenvalue weighted by atomic mass is 32.1. The molecule has 1 aromatic rings. The van der Waals surface area contributed by atoms with Crippen LogP contribution in [-0.4, -0.2) is 32.2 Å². The number of benzene rings is 1. The highest BCUT2D eigenvalue weighted by molar-refractivity contribution is 7.81. The lowest BCUT2D eigenvalue weighted by Crippen LogP contribution is -2.62. The number of rotatable bonds is 1. The minimum atomic E-state index is -1.21. The summed E-state index contributed by atoms with van der Waals surface area (Å²) in [4.78, 5) is 26.6. The summed E-state index contributed by atoms with van der Waals surface area (Å²) in [6.07, 6.45) is 0.761. The number of carbonyl (C=O) groups is 2. The maximum atomic E-state index is 14.1. The molecule has 22 heavy (non-hydrogen) atoms. The van der Waals surface area contributed by atoms with Gasteiger partial charge < -0.3 is 11.1 Å².